The Labute approximate surface area is 116 Å². The van der Waals surface area contributed by atoms with Crippen LogP contribution < -0.4 is 5.32 Å². The number of carbonyl (C=O) groups is 1. The summed E-state index contributed by atoms with van der Waals surface area (Å²) in [5.41, 5.74) is 2.17. The molecule has 1 N–H and O–H groups in total. The van der Waals surface area contributed by atoms with Crippen LogP contribution in [0.3, 0.4) is 0 Å². The maximum absolute atomic E-state index is 12.1. The van der Waals surface area contributed by atoms with Gasteiger partial charge < -0.3 is 9.73 Å². The third kappa shape index (κ3) is 2.68. The van der Waals surface area contributed by atoms with E-state index in [1.54, 1.807) is 0 Å². The number of hydrogen-bond acceptors (Lipinski definition) is 5. The van der Waals surface area contributed by atoms with Gasteiger partial charge in [0.05, 0.1) is 6.54 Å². The van der Waals surface area contributed by atoms with Crippen LogP contribution >= 0.6 is 0 Å². The van der Waals surface area contributed by atoms with Gasteiger partial charge in [0.25, 0.3) is 5.91 Å². The van der Waals surface area contributed by atoms with Crippen molar-refractivity contribution >= 4 is 5.91 Å². The van der Waals surface area contributed by atoms with Gasteiger partial charge in [0.2, 0.25) is 0 Å². The summed E-state index contributed by atoms with van der Waals surface area (Å²) in [4.78, 5) is 24.7. The highest BCUT2D eigenvalue weighted by atomic mass is 16.3. The van der Waals surface area contributed by atoms with E-state index in [1.165, 1.54) is 6.39 Å². The second kappa shape index (κ2) is 5.03. The lowest BCUT2D eigenvalue weighted by Gasteiger charge is -2.05. The molecule has 0 saturated heterocycles. The zero-order valence-corrected chi connectivity index (χ0v) is 11.5. The van der Waals surface area contributed by atoms with E-state index in [4.69, 9.17) is 4.42 Å². The van der Waals surface area contributed by atoms with Gasteiger partial charge in [-0.25, -0.2) is 15.0 Å². The Hall–Kier alpha value is -2.24. The number of carbonyl (C=O) groups excluding carboxylic acids is 1. The van der Waals surface area contributed by atoms with E-state index in [1.807, 2.05) is 19.9 Å². The van der Waals surface area contributed by atoms with Crippen molar-refractivity contribution in [1.82, 2.24) is 20.3 Å². The molecule has 0 unspecified atom stereocenters. The van der Waals surface area contributed by atoms with Gasteiger partial charge in [-0.2, -0.15) is 0 Å². The summed E-state index contributed by atoms with van der Waals surface area (Å²) in [6.45, 7) is 4.10. The highest BCUT2D eigenvalue weighted by Crippen LogP contribution is 2.41. The van der Waals surface area contributed by atoms with Crippen molar-refractivity contribution in [3.05, 3.63) is 41.1 Å². The third-order valence-corrected chi connectivity index (χ3v) is 3.19. The van der Waals surface area contributed by atoms with Crippen LogP contribution in [0, 0.1) is 13.8 Å². The molecule has 0 atom stereocenters. The van der Waals surface area contributed by atoms with Gasteiger partial charge in [-0.05, 0) is 32.8 Å². The summed E-state index contributed by atoms with van der Waals surface area (Å²) in [5.74, 6) is 1.43. The Kier molecular flexibility index (Phi) is 3.22. The molecule has 20 heavy (non-hydrogen) atoms. The minimum Gasteiger partial charge on any atom is -0.447 e. The molecule has 1 aliphatic rings. The summed E-state index contributed by atoms with van der Waals surface area (Å²) in [5, 5.41) is 2.79. The number of nitrogens with zero attached hydrogens (tertiary/aromatic N) is 3. The van der Waals surface area contributed by atoms with Crippen molar-refractivity contribution < 1.29 is 9.21 Å². The molecule has 1 aliphatic carbocycles. The Morgan fingerprint density at radius 2 is 2.05 bits per heavy atom. The largest absolute Gasteiger partial charge is 0.447 e. The lowest BCUT2D eigenvalue weighted by atomic mass is 10.2. The standard InChI is InChI=1S/C14H16N4O2/c1-8-5-9(2)18-11(17-8)6-15-14(19)12-13(10-3-4-10)20-7-16-12/h5,7,10H,3-4,6H2,1-2H3,(H,15,19). The predicted octanol–water partition coefficient (Wildman–Crippen LogP) is 1.89. The Bertz CT molecular complexity index is 626. The number of aryl methyl sites for hydroxylation is 2. The quantitative estimate of drug-likeness (QED) is 0.919. The van der Waals surface area contributed by atoms with Crippen LogP contribution in [0.5, 0.6) is 0 Å². The molecule has 2 aromatic rings. The van der Waals surface area contributed by atoms with Gasteiger partial charge in [-0.1, -0.05) is 0 Å². The van der Waals surface area contributed by atoms with Crippen molar-refractivity contribution in [1.29, 1.82) is 0 Å². The lowest BCUT2D eigenvalue weighted by molar-refractivity contribution is 0.0943. The number of nitrogens with one attached hydrogen (secondary N) is 1. The van der Waals surface area contributed by atoms with Crippen LogP contribution in [0.25, 0.3) is 0 Å². The summed E-state index contributed by atoms with van der Waals surface area (Å²) < 4.78 is 5.30. The van der Waals surface area contributed by atoms with Gasteiger partial charge in [0.15, 0.2) is 12.1 Å². The maximum atomic E-state index is 12.1. The second-order valence-corrected chi connectivity index (χ2v) is 5.09. The molecule has 6 nitrogen and oxygen atoms in total. The molecular formula is C14H16N4O2. The first-order chi connectivity index (χ1) is 9.63. The molecule has 6 heteroatoms. The van der Waals surface area contributed by atoms with Crippen LogP contribution in [0.15, 0.2) is 16.9 Å². The zero-order chi connectivity index (χ0) is 14.1. The maximum Gasteiger partial charge on any atom is 0.273 e. The summed E-state index contributed by atoms with van der Waals surface area (Å²) in [6, 6.07) is 1.90. The van der Waals surface area contributed by atoms with E-state index in [2.05, 4.69) is 20.3 Å². The van der Waals surface area contributed by atoms with Crippen molar-refractivity contribution in [3.63, 3.8) is 0 Å². The van der Waals surface area contributed by atoms with E-state index in [9.17, 15) is 4.79 Å². The van der Waals surface area contributed by atoms with Crippen LogP contribution in [0.2, 0.25) is 0 Å². The SMILES string of the molecule is Cc1cc(C)nc(CNC(=O)c2ncoc2C2CC2)n1. The molecule has 0 radical (unpaired) electrons. The predicted molar refractivity (Wildman–Crippen MR) is 71.2 cm³/mol. The molecule has 0 aromatic carbocycles. The third-order valence-electron chi connectivity index (χ3n) is 3.19. The van der Waals surface area contributed by atoms with E-state index in [0.29, 0.717) is 29.7 Å². The fourth-order valence-corrected chi connectivity index (χ4v) is 2.18. The summed E-state index contributed by atoms with van der Waals surface area (Å²) in [7, 11) is 0. The highest BCUT2D eigenvalue weighted by molar-refractivity contribution is 5.93. The van der Waals surface area contributed by atoms with Gasteiger partial charge in [0, 0.05) is 17.3 Å². The minimum atomic E-state index is -0.233. The molecule has 1 amide bonds. The number of amides is 1. The Balaban J connectivity index is 1.68. The molecule has 104 valence electrons. The molecular weight excluding hydrogens is 256 g/mol. The first-order valence-corrected chi connectivity index (χ1v) is 6.66. The average molecular weight is 272 g/mol. The van der Waals surface area contributed by atoms with Crippen molar-refractivity contribution in [3.8, 4) is 0 Å². The number of hydrogen-bond donors (Lipinski definition) is 1. The first-order valence-electron chi connectivity index (χ1n) is 6.66. The number of rotatable bonds is 4. The average Bonchev–Trinajstić information content (AvgIpc) is 3.12. The number of oxazole rings is 1. The lowest BCUT2D eigenvalue weighted by Crippen LogP contribution is -2.25. The molecule has 2 heterocycles. The van der Waals surface area contributed by atoms with Crippen LogP contribution in [0.1, 0.15) is 52.2 Å². The molecule has 2 aromatic heterocycles. The zero-order valence-electron chi connectivity index (χ0n) is 11.5. The summed E-state index contributed by atoms with van der Waals surface area (Å²) >= 11 is 0. The molecule has 0 bridgehead atoms. The Morgan fingerprint density at radius 3 is 2.70 bits per heavy atom. The smallest absolute Gasteiger partial charge is 0.273 e. The van der Waals surface area contributed by atoms with Gasteiger partial charge in [-0.3, -0.25) is 4.79 Å². The van der Waals surface area contributed by atoms with Crippen LogP contribution in [0.4, 0.5) is 0 Å². The summed E-state index contributed by atoms with van der Waals surface area (Å²) in [6.07, 6.45) is 3.46. The van der Waals surface area contributed by atoms with E-state index < -0.39 is 0 Å². The molecule has 0 aliphatic heterocycles. The molecule has 1 fully saturated rings. The molecule has 1 saturated carbocycles. The topological polar surface area (TPSA) is 80.9 Å². The van der Waals surface area contributed by atoms with Crippen molar-refractivity contribution in [2.75, 3.05) is 0 Å². The van der Waals surface area contributed by atoms with Gasteiger partial charge >= 0.3 is 0 Å². The molecule has 3 rings (SSSR count). The fourth-order valence-electron chi connectivity index (χ4n) is 2.18. The number of aromatic nitrogens is 3. The minimum absolute atomic E-state index is 0.233. The van der Waals surface area contributed by atoms with Crippen LogP contribution in [-0.2, 0) is 6.54 Å². The van der Waals surface area contributed by atoms with E-state index in [-0.39, 0.29) is 5.91 Å². The fraction of sp³-hybridized carbons (Fsp3) is 0.429. The van der Waals surface area contributed by atoms with Crippen molar-refractivity contribution in [2.45, 2.75) is 39.2 Å². The highest BCUT2D eigenvalue weighted by Gasteiger charge is 2.32. The Morgan fingerprint density at radius 1 is 1.35 bits per heavy atom. The first kappa shape index (κ1) is 12.8. The van der Waals surface area contributed by atoms with E-state index >= 15 is 0 Å². The molecule has 0 spiro atoms. The van der Waals surface area contributed by atoms with Gasteiger partial charge in [-0.15, -0.1) is 0 Å². The normalized spacial score (nSPS) is 14.3. The monoisotopic (exact) mass is 272 g/mol. The van der Waals surface area contributed by atoms with E-state index in [0.717, 1.165) is 24.2 Å². The van der Waals surface area contributed by atoms with Gasteiger partial charge in [0.1, 0.15) is 11.6 Å². The second-order valence-electron chi connectivity index (χ2n) is 5.09. The van der Waals surface area contributed by atoms with Crippen molar-refractivity contribution in [2.24, 2.45) is 0 Å². The van der Waals surface area contributed by atoms with Crippen LogP contribution in [-0.4, -0.2) is 20.9 Å².